The Morgan fingerprint density at radius 1 is 1.33 bits per heavy atom. The minimum atomic E-state index is 0.169. The van der Waals surface area contributed by atoms with Gasteiger partial charge in [-0.05, 0) is 37.7 Å². The number of aryl methyl sites for hydroxylation is 1. The maximum Gasteiger partial charge on any atom is 0.0762 e. The summed E-state index contributed by atoms with van der Waals surface area (Å²) >= 11 is 8.06. The molecular formula is C14H17ClN2S. The van der Waals surface area contributed by atoms with Crippen LogP contribution < -0.4 is 5.32 Å². The first-order chi connectivity index (χ1) is 8.74. The molecule has 0 amide bonds. The van der Waals surface area contributed by atoms with E-state index in [1.165, 1.54) is 9.75 Å². The van der Waals surface area contributed by atoms with Gasteiger partial charge in [0.25, 0.3) is 0 Å². The third-order valence-corrected chi connectivity index (χ3v) is 4.51. The summed E-state index contributed by atoms with van der Waals surface area (Å²) in [6, 6.07) is 8.32. The van der Waals surface area contributed by atoms with E-state index in [-0.39, 0.29) is 6.04 Å². The first-order valence-corrected chi connectivity index (χ1v) is 7.29. The van der Waals surface area contributed by atoms with Crippen molar-refractivity contribution < 1.29 is 0 Å². The van der Waals surface area contributed by atoms with Crippen LogP contribution in [-0.4, -0.2) is 12.0 Å². The molecule has 1 atom stereocenters. The van der Waals surface area contributed by atoms with Crippen molar-refractivity contribution >= 4 is 22.9 Å². The molecule has 1 N–H and O–H groups in total. The highest BCUT2D eigenvalue weighted by molar-refractivity contribution is 7.11. The predicted molar refractivity (Wildman–Crippen MR) is 78.4 cm³/mol. The van der Waals surface area contributed by atoms with Crippen molar-refractivity contribution in [2.24, 2.45) is 0 Å². The van der Waals surface area contributed by atoms with Gasteiger partial charge in [0, 0.05) is 22.4 Å². The van der Waals surface area contributed by atoms with Crippen molar-refractivity contribution in [2.45, 2.75) is 25.8 Å². The van der Waals surface area contributed by atoms with Crippen LogP contribution in [0.5, 0.6) is 0 Å². The topological polar surface area (TPSA) is 24.9 Å². The van der Waals surface area contributed by atoms with Crippen molar-refractivity contribution in [3.05, 3.63) is 50.9 Å². The Balaban J connectivity index is 2.17. The molecule has 0 radical (unpaired) electrons. The lowest BCUT2D eigenvalue weighted by atomic mass is 10.1. The normalized spacial score (nSPS) is 12.6. The Bertz CT molecular complexity index is 510. The molecule has 0 aliphatic heterocycles. The number of halogens is 1. The molecular weight excluding hydrogens is 264 g/mol. The Hall–Kier alpha value is -0.900. The van der Waals surface area contributed by atoms with Gasteiger partial charge in [-0.2, -0.15) is 0 Å². The molecule has 2 aromatic heterocycles. The first kappa shape index (κ1) is 13.5. The van der Waals surface area contributed by atoms with E-state index in [4.69, 9.17) is 11.6 Å². The van der Waals surface area contributed by atoms with Crippen molar-refractivity contribution in [2.75, 3.05) is 7.05 Å². The van der Waals surface area contributed by atoms with Gasteiger partial charge in [-0.1, -0.05) is 18.5 Å². The summed E-state index contributed by atoms with van der Waals surface area (Å²) in [5.41, 5.74) is 0.924. The molecule has 0 bridgehead atoms. The van der Waals surface area contributed by atoms with Gasteiger partial charge in [-0.15, -0.1) is 11.3 Å². The third kappa shape index (κ3) is 3.10. The monoisotopic (exact) mass is 280 g/mol. The minimum Gasteiger partial charge on any atom is -0.311 e. The Morgan fingerprint density at radius 3 is 2.72 bits per heavy atom. The fourth-order valence-electron chi connectivity index (χ4n) is 1.91. The zero-order chi connectivity index (χ0) is 13.0. The second-order valence-corrected chi connectivity index (χ2v) is 5.80. The zero-order valence-corrected chi connectivity index (χ0v) is 12.2. The van der Waals surface area contributed by atoms with Crippen LogP contribution >= 0.6 is 22.9 Å². The van der Waals surface area contributed by atoms with Gasteiger partial charge in [-0.3, -0.25) is 4.98 Å². The van der Waals surface area contributed by atoms with Crippen LogP contribution in [0, 0.1) is 0 Å². The quantitative estimate of drug-likeness (QED) is 0.899. The van der Waals surface area contributed by atoms with Gasteiger partial charge in [0.15, 0.2) is 0 Å². The number of rotatable bonds is 5. The van der Waals surface area contributed by atoms with Gasteiger partial charge in [0.2, 0.25) is 0 Å². The Labute approximate surface area is 117 Å². The van der Waals surface area contributed by atoms with E-state index in [1.807, 2.05) is 30.5 Å². The van der Waals surface area contributed by atoms with Crippen molar-refractivity contribution in [3.63, 3.8) is 0 Å². The molecule has 18 heavy (non-hydrogen) atoms. The van der Waals surface area contributed by atoms with Crippen molar-refractivity contribution in [1.29, 1.82) is 0 Å². The van der Waals surface area contributed by atoms with Crippen molar-refractivity contribution in [3.8, 4) is 0 Å². The Kier molecular flexibility index (Phi) is 4.75. The maximum absolute atomic E-state index is 6.20. The number of nitrogens with one attached hydrogen (secondary N) is 1. The number of thiophene rings is 1. The molecule has 0 spiro atoms. The van der Waals surface area contributed by atoms with Crippen LogP contribution in [-0.2, 0) is 12.8 Å². The molecule has 2 nitrogen and oxygen atoms in total. The van der Waals surface area contributed by atoms with E-state index >= 15 is 0 Å². The molecule has 0 saturated carbocycles. The number of hydrogen-bond donors (Lipinski definition) is 1. The lowest BCUT2D eigenvalue weighted by Gasteiger charge is -2.15. The van der Waals surface area contributed by atoms with E-state index in [1.54, 1.807) is 6.20 Å². The van der Waals surface area contributed by atoms with Gasteiger partial charge < -0.3 is 5.32 Å². The summed E-state index contributed by atoms with van der Waals surface area (Å²) in [7, 11) is 1.95. The van der Waals surface area contributed by atoms with Gasteiger partial charge in [-0.25, -0.2) is 0 Å². The largest absolute Gasteiger partial charge is 0.311 e. The van der Waals surface area contributed by atoms with E-state index in [9.17, 15) is 0 Å². The van der Waals surface area contributed by atoms with Crippen LogP contribution in [0.2, 0.25) is 5.02 Å². The summed E-state index contributed by atoms with van der Waals surface area (Å²) in [5, 5.41) is 4.02. The lowest BCUT2D eigenvalue weighted by molar-refractivity contribution is 0.580. The highest BCUT2D eigenvalue weighted by atomic mass is 35.5. The summed E-state index contributed by atoms with van der Waals surface area (Å²) < 4.78 is 0. The zero-order valence-electron chi connectivity index (χ0n) is 10.6. The number of nitrogens with zero attached hydrogens (tertiary/aromatic N) is 1. The van der Waals surface area contributed by atoms with Gasteiger partial charge in [0.05, 0.1) is 16.8 Å². The fourth-order valence-corrected chi connectivity index (χ4v) is 3.17. The van der Waals surface area contributed by atoms with Crippen LogP contribution in [0.15, 0.2) is 30.5 Å². The number of hydrogen-bond acceptors (Lipinski definition) is 3. The average molecular weight is 281 g/mol. The smallest absolute Gasteiger partial charge is 0.0762 e. The molecule has 0 fully saturated rings. The fraction of sp³-hybridized carbons (Fsp3) is 0.357. The van der Waals surface area contributed by atoms with Gasteiger partial charge in [0.1, 0.15) is 0 Å². The molecule has 4 heteroatoms. The molecule has 0 aliphatic rings. The minimum absolute atomic E-state index is 0.169. The number of pyridine rings is 1. The molecule has 0 aromatic carbocycles. The third-order valence-electron chi connectivity index (χ3n) is 2.94. The van der Waals surface area contributed by atoms with E-state index in [0.29, 0.717) is 0 Å². The standard InChI is InChI=1S/C14H17ClN2S/c1-3-10-6-7-11(18-10)9-13(16-2)14-12(15)5-4-8-17-14/h4-8,13,16H,3,9H2,1-2H3. The van der Waals surface area contributed by atoms with E-state index in [0.717, 1.165) is 23.6 Å². The summed E-state index contributed by atoms with van der Waals surface area (Å²) in [6.07, 6.45) is 3.81. The SMILES string of the molecule is CCc1ccc(CC(NC)c2ncccc2Cl)s1. The van der Waals surface area contributed by atoms with Gasteiger partial charge >= 0.3 is 0 Å². The average Bonchev–Trinajstić information content (AvgIpc) is 2.85. The number of likely N-dealkylation sites (N-methyl/N-ethyl adjacent to an activating group) is 1. The summed E-state index contributed by atoms with van der Waals surface area (Å²) in [5.74, 6) is 0. The second kappa shape index (κ2) is 6.32. The molecule has 2 rings (SSSR count). The predicted octanol–water partition coefficient (Wildman–Crippen LogP) is 3.86. The first-order valence-electron chi connectivity index (χ1n) is 6.09. The van der Waals surface area contributed by atoms with E-state index < -0.39 is 0 Å². The molecule has 2 aromatic rings. The molecule has 0 aliphatic carbocycles. The lowest BCUT2D eigenvalue weighted by Crippen LogP contribution is -2.20. The molecule has 1 unspecified atom stereocenters. The summed E-state index contributed by atoms with van der Waals surface area (Å²) in [4.78, 5) is 7.17. The van der Waals surface area contributed by atoms with Crippen LogP contribution in [0.4, 0.5) is 0 Å². The Morgan fingerprint density at radius 2 is 2.11 bits per heavy atom. The highest BCUT2D eigenvalue weighted by Gasteiger charge is 2.15. The highest BCUT2D eigenvalue weighted by Crippen LogP contribution is 2.26. The molecule has 0 saturated heterocycles. The maximum atomic E-state index is 6.20. The van der Waals surface area contributed by atoms with Crippen LogP contribution in [0.3, 0.4) is 0 Å². The van der Waals surface area contributed by atoms with Crippen LogP contribution in [0.25, 0.3) is 0 Å². The number of aromatic nitrogens is 1. The summed E-state index contributed by atoms with van der Waals surface area (Å²) in [6.45, 7) is 2.18. The molecule has 2 heterocycles. The van der Waals surface area contributed by atoms with Crippen molar-refractivity contribution in [1.82, 2.24) is 10.3 Å². The molecule has 96 valence electrons. The van der Waals surface area contributed by atoms with Crippen LogP contribution in [0.1, 0.15) is 28.4 Å². The van der Waals surface area contributed by atoms with E-state index in [2.05, 4.69) is 29.4 Å². The second-order valence-electron chi connectivity index (χ2n) is 4.14.